The molecule has 100 valence electrons. The van der Waals surface area contributed by atoms with Crippen molar-refractivity contribution in [1.82, 2.24) is 4.57 Å². The fourth-order valence-corrected chi connectivity index (χ4v) is 2.35. The Labute approximate surface area is 117 Å². The average Bonchev–Trinajstić information content (AvgIpc) is 2.82. The number of hydrogen-bond acceptors (Lipinski definition) is 2. The number of hydrogen-bond donors (Lipinski definition) is 0. The SMILES string of the molecule is COC(=O)c1ccc(-c2cccc(Cl)c2)n1C(C)C. The first-order valence-corrected chi connectivity index (χ1v) is 6.48. The summed E-state index contributed by atoms with van der Waals surface area (Å²) in [5.41, 5.74) is 2.49. The van der Waals surface area contributed by atoms with E-state index in [1.54, 1.807) is 6.07 Å². The van der Waals surface area contributed by atoms with Crippen LogP contribution in [0, 0.1) is 0 Å². The summed E-state index contributed by atoms with van der Waals surface area (Å²) in [6, 6.07) is 11.4. The van der Waals surface area contributed by atoms with Crippen molar-refractivity contribution in [2.45, 2.75) is 19.9 Å². The van der Waals surface area contributed by atoms with E-state index in [0.29, 0.717) is 10.7 Å². The van der Waals surface area contributed by atoms with Crippen LogP contribution in [0.2, 0.25) is 5.02 Å². The van der Waals surface area contributed by atoms with E-state index in [1.165, 1.54) is 7.11 Å². The van der Waals surface area contributed by atoms with Gasteiger partial charge in [-0.1, -0.05) is 23.7 Å². The Hall–Kier alpha value is -1.74. The van der Waals surface area contributed by atoms with Crippen LogP contribution in [-0.4, -0.2) is 17.6 Å². The Balaban J connectivity index is 2.58. The second kappa shape index (κ2) is 5.49. The minimum absolute atomic E-state index is 0.151. The molecule has 0 N–H and O–H groups in total. The molecule has 19 heavy (non-hydrogen) atoms. The standard InChI is InChI=1S/C15H16ClNO2/c1-10(2)17-13(7-8-14(17)15(18)19-3)11-5-4-6-12(16)9-11/h4-10H,1-3H3. The summed E-state index contributed by atoms with van der Waals surface area (Å²) < 4.78 is 6.77. The maximum absolute atomic E-state index is 11.8. The molecule has 0 aliphatic rings. The minimum Gasteiger partial charge on any atom is -0.464 e. The molecule has 0 bridgehead atoms. The van der Waals surface area contributed by atoms with Gasteiger partial charge >= 0.3 is 5.97 Å². The van der Waals surface area contributed by atoms with E-state index < -0.39 is 0 Å². The highest BCUT2D eigenvalue weighted by Crippen LogP contribution is 2.28. The van der Waals surface area contributed by atoms with E-state index in [2.05, 4.69) is 0 Å². The van der Waals surface area contributed by atoms with Gasteiger partial charge in [0, 0.05) is 16.8 Å². The molecule has 3 nitrogen and oxygen atoms in total. The molecule has 4 heteroatoms. The molecular weight excluding hydrogens is 262 g/mol. The van der Waals surface area contributed by atoms with Crippen LogP contribution in [0.3, 0.4) is 0 Å². The Bertz CT molecular complexity index is 602. The van der Waals surface area contributed by atoms with Crippen LogP contribution in [0.15, 0.2) is 36.4 Å². The van der Waals surface area contributed by atoms with Gasteiger partial charge in [-0.25, -0.2) is 4.79 Å². The lowest BCUT2D eigenvalue weighted by atomic mass is 10.1. The third kappa shape index (κ3) is 2.66. The number of nitrogens with zero attached hydrogens (tertiary/aromatic N) is 1. The molecule has 0 radical (unpaired) electrons. The molecule has 0 atom stereocenters. The van der Waals surface area contributed by atoms with Gasteiger partial charge in [0.15, 0.2) is 0 Å². The van der Waals surface area contributed by atoms with Crippen LogP contribution in [0.25, 0.3) is 11.3 Å². The minimum atomic E-state index is -0.332. The van der Waals surface area contributed by atoms with E-state index in [4.69, 9.17) is 16.3 Å². The molecule has 0 unspecified atom stereocenters. The van der Waals surface area contributed by atoms with E-state index in [9.17, 15) is 4.79 Å². The molecule has 1 aromatic carbocycles. The fourth-order valence-electron chi connectivity index (χ4n) is 2.16. The van der Waals surface area contributed by atoms with Crippen LogP contribution < -0.4 is 0 Å². The summed E-state index contributed by atoms with van der Waals surface area (Å²) in [5.74, 6) is -0.332. The van der Waals surface area contributed by atoms with Crippen molar-refractivity contribution < 1.29 is 9.53 Å². The number of carbonyl (C=O) groups excluding carboxylic acids is 1. The molecule has 0 aliphatic carbocycles. The van der Waals surface area contributed by atoms with E-state index in [-0.39, 0.29) is 12.0 Å². The summed E-state index contributed by atoms with van der Waals surface area (Å²) >= 11 is 6.02. The Morgan fingerprint density at radius 2 is 2.00 bits per heavy atom. The Morgan fingerprint density at radius 1 is 1.26 bits per heavy atom. The van der Waals surface area contributed by atoms with Gasteiger partial charge in [0.05, 0.1) is 7.11 Å². The third-order valence-electron chi connectivity index (χ3n) is 2.95. The van der Waals surface area contributed by atoms with Crippen molar-refractivity contribution in [3.63, 3.8) is 0 Å². The lowest BCUT2D eigenvalue weighted by Gasteiger charge is -2.16. The second-order valence-corrected chi connectivity index (χ2v) is 5.01. The van der Waals surface area contributed by atoms with Crippen LogP contribution >= 0.6 is 11.6 Å². The number of esters is 1. The first-order chi connectivity index (χ1) is 9.04. The number of rotatable bonds is 3. The molecule has 0 spiro atoms. The van der Waals surface area contributed by atoms with Gasteiger partial charge in [-0.2, -0.15) is 0 Å². The molecule has 0 fully saturated rings. The third-order valence-corrected chi connectivity index (χ3v) is 3.18. The first-order valence-electron chi connectivity index (χ1n) is 6.10. The molecule has 1 heterocycles. The largest absolute Gasteiger partial charge is 0.464 e. The zero-order chi connectivity index (χ0) is 14.0. The van der Waals surface area contributed by atoms with Crippen molar-refractivity contribution >= 4 is 17.6 Å². The lowest BCUT2D eigenvalue weighted by molar-refractivity contribution is 0.0587. The zero-order valence-corrected chi connectivity index (χ0v) is 11.9. The summed E-state index contributed by atoms with van der Waals surface area (Å²) in [4.78, 5) is 11.8. The monoisotopic (exact) mass is 277 g/mol. The maximum Gasteiger partial charge on any atom is 0.354 e. The maximum atomic E-state index is 11.8. The Morgan fingerprint density at radius 3 is 2.58 bits per heavy atom. The van der Waals surface area contributed by atoms with Crippen molar-refractivity contribution in [2.24, 2.45) is 0 Å². The molecule has 0 saturated heterocycles. The van der Waals surface area contributed by atoms with Gasteiger partial charge in [-0.3, -0.25) is 0 Å². The van der Waals surface area contributed by atoms with Crippen molar-refractivity contribution in [3.8, 4) is 11.3 Å². The molecule has 2 aromatic rings. The number of benzene rings is 1. The summed E-state index contributed by atoms with van der Waals surface area (Å²) in [6.45, 7) is 4.06. The van der Waals surface area contributed by atoms with Crippen LogP contribution in [0.4, 0.5) is 0 Å². The first kappa shape index (κ1) is 13.7. The van der Waals surface area contributed by atoms with Crippen LogP contribution in [0.5, 0.6) is 0 Å². The molecular formula is C15H16ClNO2. The lowest BCUT2D eigenvalue weighted by Crippen LogP contribution is -2.13. The summed E-state index contributed by atoms with van der Waals surface area (Å²) in [6.07, 6.45) is 0. The van der Waals surface area contributed by atoms with Gasteiger partial charge < -0.3 is 9.30 Å². The highest BCUT2D eigenvalue weighted by molar-refractivity contribution is 6.30. The smallest absolute Gasteiger partial charge is 0.354 e. The van der Waals surface area contributed by atoms with Crippen LogP contribution in [-0.2, 0) is 4.74 Å². The van der Waals surface area contributed by atoms with Gasteiger partial charge in [0.2, 0.25) is 0 Å². The average molecular weight is 278 g/mol. The van der Waals surface area contributed by atoms with Gasteiger partial charge in [0.1, 0.15) is 5.69 Å². The van der Waals surface area contributed by atoms with Gasteiger partial charge in [-0.15, -0.1) is 0 Å². The van der Waals surface area contributed by atoms with Gasteiger partial charge in [-0.05, 0) is 43.7 Å². The number of methoxy groups -OCH3 is 1. The second-order valence-electron chi connectivity index (χ2n) is 4.57. The summed E-state index contributed by atoms with van der Waals surface area (Å²) in [7, 11) is 1.39. The van der Waals surface area contributed by atoms with Crippen molar-refractivity contribution in [2.75, 3.05) is 7.11 Å². The number of halogens is 1. The molecule has 0 aliphatic heterocycles. The number of carbonyl (C=O) groups is 1. The fraction of sp³-hybridized carbons (Fsp3) is 0.267. The number of ether oxygens (including phenoxy) is 1. The highest BCUT2D eigenvalue weighted by Gasteiger charge is 2.18. The van der Waals surface area contributed by atoms with Crippen molar-refractivity contribution in [1.29, 1.82) is 0 Å². The Kier molecular flexibility index (Phi) is 3.96. The highest BCUT2D eigenvalue weighted by atomic mass is 35.5. The summed E-state index contributed by atoms with van der Waals surface area (Å²) in [5, 5.41) is 0.675. The number of aromatic nitrogens is 1. The van der Waals surface area contributed by atoms with E-state index >= 15 is 0 Å². The predicted octanol–water partition coefficient (Wildman–Crippen LogP) is 4.18. The zero-order valence-electron chi connectivity index (χ0n) is 11.2. The molecule has 0 amide bonds. The van der Waals surface area contributed by atoms with E-state index in [1.807, 2.05) is 48.7 Å². The van der Waals surface area contributed by atoms with Crippen molar-refractivity contribution in [3.05, 3.63) is 47.1 Å². The molecule has 2 rings (SSSR count). The predicted molar refractivity (Wildman–Crippen MR) is 76.6 cm³/mol. The quantitative estimate of drug-likeness (QED) is 0.788. The van der Waals surface area contributed by atoms with Gasteiger partial charge in [0.25, 0.3) is 0 Å². The topological polar surface area (TPSA) is 31.2 Å². The molecule has 0 saturated carbocycles. The van der Waals surface area contributed by atoms with Crippen LogP contribution in [0.1, 0.15) is 30.4 Å². The van der Waals surface area contributed by atoms with E-state index in [0.717, 1.165) is 11.3 Å². The normalized spacial score (nSPS) is 10.8. The molecule has 1 aromatic heterocycles.